The molecule has 0 radical (unpaired) electrons. The zero-order valence-corrected chi connectivity index (χ0v) is 17.1. The SMILES string of the molecule is CC.NC1=NC2(CCCc3sc(-c4ccc5c(c4)CCO5)cc32)CCS1. The topological polar surface area (TPSA) is 47.6 Å². The van der Waals surface area contributed by atoms with Crippen molar-refractivity contribution in [2.75, 3.05) is 12.4 Å². The van der Waals surface area contributed by atoms with Gasteiger partial charge in [0.25, 0.3) is 0 Å². The molecule has 0 amide bonds. The summed E-state index contributed by atoms with van der Waals surface area (Å²) in [4.78, 5) is 7.80. The molecule has 1 spiro atoms. The van der Waals surface area contributed by atoms with E-state index in [2.05, 4.69) is 24.3 Å². The number of ether oxygens (including phenoxy) is 1. The summed E-state index contributed by atoms with van der Waals surface area (Å²) in [6, 6.07) is 9.02. The number of hydrogen-bond donors (Lipinski definition) is 1. The van der Waals surface area contributed by atoms with Gasteiger partial charge in [-0.05, 0) is 66.6 Å². The lowest BCUT2D eigenvalue weighted by Gasteiger charge is -2.36. The van der Waals surface area contributed by atoms with Gasteiger partial charge in [0, 0.05) is 21.9 Å². The quantitative estimate of drug-likeness (QED) is 0.718. The molecule has 1 atom stereocenters. The number of nitrogens with two attached hydrogens (primary N) is 1. The van der Waals surface area contributed by atoms with E-state index in [1.807, 2.05) is 25.2 Å². The first-order valence-electron chi connectivity index (χ1n) is 9.61. The van der Waals surface area contributed by atoms with Crippen molar-refractivity contribution >= 4 is 28.3 Å². The molecule has 0 fully saturated rings. The van der Waals surface area contributed by atoms with Gasteiger partial charge >= 0.3 is 0 Å². The van der Waals surface area contributed by atoms with Crippen LogP contribution >= 0.6 is 23.1 Å². The normalized spacial score (nSPS) is 23.4. The fraction of sp³-hybridized carbons (Fsp3) is 0.476. The molecule has 1 aromatic carbocycles. The van der Waals surface area contributed by atoms with Gasteiger partial charge < -0.3 is 10.5 Å². The number of thiophene rings is 1. The minimum atomic E-state index is -0.0580. The van der Waals surface area contributed by atoms with Gasteiger partial charge in [-0.1, -0.05) is 25.6 Å². The van der Waals surface area contributed by atoms with Crippen molar-refractivity contribution in [1.29, 1.82) is 0 Å². The van der Waals surface area contributed by atoms with Crippen LogP contribution in [0.3, 0.4) is 0 Å². The first-order valence-corrected chi connectivity index (χ1v) is 11.4. The Kier molecular flexibility index (Phi) is 5.02. The lowest BCUT2D eigenvalue weighted by Crippen LogP contribution is -2.34. The first-order chi connectivity index (χ1) is 12.7. The van der Waals surface area contributed by atoms with E-state index in [9.17, 15) is 0 Å². The second kappa shape index (κ2) is 7.28. The number of rotatable bonds is 1. The molecule has 5 rings (SSSR count). The van der Waals surface area contributed by atoms with E-state index in [1.165, 1.54) is 39.3 Å². The lowest BCUT2D eigenvalue weighted by molar-refractivity contribution is 0.357. The van der Waals surface area contributed by atoms with Crippen LogP contribution in [0.15, 0.2) is 29.3 Å². The first kappa shape index (κ1) is 17.9. The monoisotopic (exact) mass is 386 g/mol. The standard InChI is InChI=1S/C19H20N2OS2.C2H6/c20-18-21-19(7-9-23-18)6-1-2-16-14(19)11-17(24-16)13-3-4-15-12(10-13)5-8-22-15;1-2/h3-4,10-11H,1-2,5-9H2,(H2,20,21);1-2H3. The maximum absolute atomic E-state index is 6.08. The van der Waals surface area contributed by atoms with Crippen molar-refractivity contribution in [1.82, 2.24) is 0 Å². The van der Waals surface area contributed by atoms with Crippen LogP contribution in [-0.4, -0.2) is 17.5 Å². The molecule has 1 unspecified atom stereocenters. The van der Waals surface area contributed by atoms with Crippen molar-refractivity contribution in [2.45, 2.75) is 51.5 Å². The predicted octanol–water partition coefficient (Wildman–Crippen LogP) is 5.36. The number of thioether (sulfide) groups is 1. The molecule has 3 aliphatic rings. The number of benzene rings is 1. The molecule has 3 nitrogen and oxygen atoms in total. The van der Waals surface area contributed by atoms with Crippen LogP contribution in [0, 0.1) is 0 Å². The smallest absolute Gasteiger partial charge is 0.154 e. The van der Waals surface area contributed by atoms with Gasteiger partial charge in [0.15, 0.2) is 5.17 Å². The van der Waals surface area contributed by atoms with Gasteiger partial charge in [-0.25, -0.2) is 0 Å². The zero-order chi connectivity index (χ0) is 18.1. The van der Waals surface area contributed by atoms with Gasteiger partial charge in [-0.3, -0.25) is 4.99 Å². The Labute approximate surface area is 164 Å². The number of aliphatic imine (C=N–C) groups is 1. The van der Waals surface area contributed by atoms with Gasteiger partial charge in [-0.2, -0.15) is 0 Å². The molecule has 138 valence electrons. The summed E-state index contributed by atoms with van der Waals surface area (Å²) in [5.74, 6) is 2.13. The molecule has 0 saturated heterocycles. The fourth-order valence-electron chi connectivity index (χ4n) is 4.17. The summed E-state index contributed by atoms with van der Waals surface area (Å²) in [6.45, 7) is 4.81. The minimum absolute atomic E-state index is 0.0580. The second-order valence-corrected chi connectivity index (χ2v) is 9.05. The molecule has 5 heteroatoms. The number of amidine groups is 1. The Morgan fingerprint density at radius 1 is 1.15 bits per heavy atom. The molecule has 3 heterocycles. The van der Waals surface area contributed by atoms with E-state index >= 15 is 0 Å². The average molecular weight is 387 g/mol. The van der Waals surface area contributed by atoms with Crippen molar-refractivity contribution in [3.05, 3.63) is 40.3 Å². The third-order valence-electron chi connectivity index (χ3n) is 5.37. The summed E-state index contributed by atoms with van der Waals surface area (Å²) in [5, 5.41) is 0.761. The number of aryl methyl sites for hydroxylation is 1. The third-order valence-corrected chi connectivity index (χ3v) is 7.41. The molecule has 1 aliphatic carbocycles. The van der Waals surface area contributed by atoms with E-state index in [4.69, 9.17) is 15.5 Å². The van der Waals surface area contributed by atoms with E-state index in [0.29, 0.717) is 0 Å². The lowest BCUT2D eigenvalue weighted by atomic mass is 9.78. The molecular formula is C21H26N2OS2. The molecule has 2 N–H and O–H groups in total. The van der Waals surface area contributed by atoms with Crippen molar-refractivity contribution in [2.24, 2.45) is 10.7 Å². The highest BCUT2D eigenvalue weighted by molar-refractivity contribution is 8.13. The molecule has 0 saturated carbocycles. The van der Waals surface area contributed by atoms with Gasteiger partial charge in [0.1, 0.15) is 5.75 Å². The highest BCUT2D eigenvalue weighted by Crippen LogP contribution is 2.49. The van der Waals surface area contributed by atoms with Crippen LogP contribution in [0.5, 0.6) is 5.75 Å². The summed E-state index contributed by atoms with van der Waals surface area (Å²) in [7, 11) is 0. The molecule has 2 aromatic rings. The van der Waals surface area contributed by atoms with Crippen LogP contribution in [0.2, 0.25) is 0 Å². The van der Waals surface area contributed by atoms with E-state index < -0.39 is 0 Å². The molecule has 26 heavy (non-hydrogen) atoms. The Morgan fingerprint density at radius 2 is 2.04 bits per heavy atom. The maximum Gasteiger partial charge on any atom is 0.154 e. The van der Waals surface area contributed by atoms with Crippen LogP contribution in [0.25, 0.3) is 10.4 Å². The van der Waals surface area contributed by atoms with E-state index in [1.54, 1.807) is 11.8 Å². The summed E-state index contributed by atoms with van der Waals surface area (Å²) in [5.41, 5.74) is 10.1. The molecular weight excluding hydrogens is 360 g/mol. The average Bonchev–Trinajstić information content (AvgIpc) is 3.30. The largest absolute Gasteiger partial charge is 0.493 e. The predicted molar refractivity (Wildman–Crippen MR) is 114 cm³/mol. The van der Waals surface area contributed by atoms with Crippen molar-refractivity contribution < 1.29 is 4.74 Å². The van der Waals surface area contributed by atoms with Crippen molar-refractivity contribution in [3.8, 4) is 16.2 Å². The fourth-order valence-corrected chi connectivity index (χ4v) is 6.35. The number of fused-ring (bicyclic) bond motifs is 3. The molecule has 1 aromatic heterocycles. The Bertz CT molecular complexity index is 843. The number of hydrogen-bond acceptors (Lipinski definition) is 5. The van der Waals surface area contributed by atoms with Gasteiger partial charge in [-0.15, -0.1) is 11.3 Å². The molecule has 2 aliphatic heterocycles. The summed E-state index contributed by atoms with van der Waals surface area (Å²) < 4.78 is 5.64. The minimum Gasteiger partial charge on any atom is -0.493 e. The van der Waals surface area contributed by atoms with Crippen LogP contribution < -0.4 is 10.5 Å². The third kappa shape index (κ3) is 3.05. The van der Waals surface area contributed by atoms with E-state index in [0.717, 1.165) is 42.5 Å². The summed E-state index contributed by atoms with van der Waals surface area (Å²) in [6.07, 6.45) is 5.66. The van der Waals surface area contributed by atoms with Crippen molar-refractivity contribution in [3.63, 3.8) is 0 Å². The highest BCUT2D eigenvalue weighted by atomic mass is 32.2. The highest BCUT2D eigenvalue weighted by Gasteiger charge is 2.39. The van der Waals surface area contributed by atoms with Crippen LogP contribution in [0.1, 0.15) is 49.1 Å². The Hall–Kier alpha value is -1.46. The van der Waals surface area contributed by atoms with E-state index in [-0.39, 0.29) is 5.54 Å². The Morgan fingerprint density at radius 3 is 2.88 bits per heavy atom. The number of nitrogens with zero attached hydrogens (tertiary/aromatic N) is 1. The van der Waals surface area contributed by atoms with Crippen LogP contribution in [0.4, 0.5) is 0 Å². The maximum atomic E-state index is 6.08. The Balaban J connectivity index is 0.000000814. The van der Waals surface area contributed by atoms with Crippen LogP contribution in [-0.2, 0) is 18.4 Å². The second-order valence-electron chi connectivity index (χ2n) is 6.80. The molecule has 0 bridgehead atoms. The van der Waals surface area contributed by atoms with Gasteiger partial charge in [0.2, 0.25) is 0 Å². The van der Waals surface area contributed by atoms with Gasteiger partial charge in [0.05, 0.1) is 12.1 Å². The zero-order valence-electron chi connectivity index (χ0n) is 15.5. The summed E-state index contributed by atoms with van der Waals surface area (Å²) >= 11 is 3.64.